The Balaban J connectivity index is 1.75. The molecule has 0 atom stereocenters. The van der Waals surface area contributed by atoms with E-state index in [-0.39, 0.29) is 5.91 Å². The van der Waals surface area contributed by atoms with E-state index in [0.29, 0.717) is 17.4 Å². The fourth-order valence-corrected chi connectivity index (χ4v) is 2.84. The number of aromatic nitrogens is 2. The molecule has 0 aliphatic heterocycles. The van der Waals surface area contributed by atoms with Crippen LogP contribution in [0.2, 0.25) is 0 Å². The molecule has 0 saturated heterocycles. The third-order valence-electron chi connectivity index (χ3n) is 4.39. The van der Waals surface area contributed by atoms with Gasteiger partial charge in [-0.15, -0.1) is 0 Å². The number of rotatable bonds is 6. The van der Waals surface area contributed by atoms with Gasteiger partial charge < -0.3 is 15.5 Å². The number of carbonyl (C=O) groups is 1. The molecular formula is C22H25N5O. The van der Waals surface area contributed by atoms with Gasteiger partial charge >= 0.3 is 0 Å². The number of benzene rings is 2. The highest BCUT2D eigenvalue weighted by atomic mass is 16.1. The number of anilines is 4. The second-order valence-electron chi connectivity index (χ2n) is 7.05. The average molecular weight is 375 g/mol. The number of nitrogens with zero attached hydrogens (tertiary/aromatic N) is 3. The summed E-state index contributed by atoms with van der Waals surface area (Å²) in [4.78, 5) is 23.0. The van der Waals surface area contributed by atoms with E-state index in [9.17, 15) is 4.79 Å². The molecule has 0 saturated carbocycles. The maximum absolute atomic E-state index is 12.7. The molecule has 6 heteroatoms. The molecule has 2 N–H and O–H groups in total. The van der Waals surface area contributed by atoms with Crippen LogP contribution in [0, 0.1) is 0 Å². The van der Waals surface area contributed by atoms with Crippen LogP contribution in [0.5, 0.6) is 0 Å². The predicted molar refractivity (Wildman–Crippen MR) is 115 cm³/mol. The van der Waals surface area contributed by atoms with Gasteiger partial charge in [-0.25, -0.2) is 9.97 Å². The van der Waals surface area contributed by atoms with E-state index in [1.165, 1.54) is 6.33 Å². The van der Waals surface area contributed by atoms with Crippen molar-refractivity contribution in [3.05, 3.63) is 72.2 Å². The zero-order chi connectivity index (χ0) is 20.1. The SMILES string of the molecule is CC(C)c1ccccc1NC(=O)c1cc(Nc2ccc(N(C)C)cc2)ncn1. The molecule has 0 unspecified atom stereocenters. The molecule has 0 aliphatic rings. The van der Waals surface area contributed by atoms with E-state index in [1.54, 1.807) is 6.07 Å². The van der Waals surface area contributed by atoms with Crippen molar-refractivity contribution in [2.24, 2.45) is 0 Å². The highest BCUT2D eigenvalue weighted by Crippen LogP contribution is 2.24. The lowest BCUT2D eigenvalue weighted by atomic mass is 10.0. The van der Waals surface area contributed by atoms with Crippen LogP contribution in [-0.4, -0.2) is 30.0 Å². The van der Waals surface area contributed by atoms with E-state index in [1.807, 2.05) is 67.5 Å². The Labute approximate surface area is 165 Å². The summed E-state index contributed by atoms with van der Waals surface area (Å²) >= 11 is 0. The van der Waals surface area contributed by atoms with Crippen LogP contribution in [0.3, 0.4) is 0 Å². The summed E-state index contributed by atoms with van der Waals surface area (Å²) < 4.78 is 0. The average Bonchev–Trinajstić information content (AvgIpc) is 2.69. The first kappa shape index (κ1) is 19.4. The third-order valence-corrected chi connectivity index (χ3v) is 4.39. The first-order valence-electron chi connectivity index (χ1n) is 9.21. The fraction of sp³-hybridized carbons (Fsp3) is 0.227. The van der Waals surface area contributed by atoms with Crippen LogP contribution >= 0.6 is 0 Å². The van der Waals surface area contributed by atoms with Crippen LogP contribution in [0.1, 0.15) is 35.8 Å². The van der Waals surface area contributed by atoms with Gasteiger partial charge in [0.25, 0.3) is 5.91 Å². The molecule has 144 valence electrons. The zero-order valence-corrected chi connectivity index (χ0v) is 16.6. The summed E-state index contributed by atoms with van der Waals surface area (Å²) in [7, 11) is 3.99. The zero-order valence-electron chi connectivity index (χ0n) is 16.6. The molecule has 1 amide bonds. The largest absolute Gasteiger partial charge is 0.378 e. The first-order chi connectivity index (χ1) is 13.4. The standard InChI is InChI=1S/C22H25N5O/c1-15(2)18-7-5-6-8-19(18)26-22(28)20-13-21(24-14-23-20)25-16-9-11-17(12-10-16)27(3)4/h5-15H,1-4H3,(H,26,28)(H,23,24,25). The molecule has 1 heterocycles. The topological polar surface area (TPSA) is 70.2 Å². The Morgan fingerprint density at radius 1 is 1.00 bits per heavy atom. The number of hydrogen-bond acceptors (Lipinski definition) is 5. The van der Waals surface area contributed by atoms with Crippen molar-refractivity contribution < 1.29 is 4.79 Å². The van der Waals surface area contributed by atoms with Crippen molar-refractivity contribution in [2.75, 3.05) is 29.6 Å². The van der Waals surface area contributed by atoms with E-state index >= 15 is 0 Å². The minimum Gasteiger partial charge on any atom is -0.378 e. The van der Waals surface area contributed by atoms with Crippen molar-refractivity contribution >= 4 is 28.8 Å². The minimum atomic E-state index is -0.262. The Kier molecular flexibility index (Phi) is 5.89. The lowest BCUT2D eigenvalue weighted by Gasteiger charge is -2.14. The Hall–Kier alpha value is -3.41. The van der Waals surface area contributed by atoms with E-state index in [0.717, 1.165) is 22.6 Å². The maximum Gasteiger partial charge on any atom is 0.274 e. The summed E-state index contributed by atoms with van der Waals surface area (Å²) in [5.74, 6) is 0.612. The molecule has 3 aromatic rings. The predicted octanol–water partition coefficient (Wildman–Crippen LogP) is 4.66. The number of para-hydroxylation sites is 1. The van der Waals surface area contributed by atoms with Gasteiger partial charge in [-0.3, -0.25) is 4.79 Å². The monoisotopic (exact) mass is 375 g/mol. The number of hydrogen-bond donors (Lipinski definition) is 2. The van der Waals surface area contributed by atoms with Crippen LogP contribution in [0.15, 0.2) is 60.9 Å². The molecule has 28 heavy (non-hydrogen) atoms. The Morgan fingerprint density at radius 2 is 1.71 bits per heavy atom. The summed E-state index contributed by atoms with van der Waals surface area (Å²) in [5, 5.41) is 6.17. The molecule has 2 aromatic carbocycles. The summed E-state index contributed by atoms with van der Waals surface area (Å²) in [6.07, 6.45) is 1.39. The van der Waals surface area contributed by atoms with Crippen LogP contribution < -0.4 is 15.5 Å². The van der Waals surface area contributed by atoms with Crippen LogP contribution in [-0.2, 0) is 0 Å². The van der Waals surface area contributed by atoms with Crippen molar-refractivity contribution in [1.82, 2.24) is 9.97 Å². The second kappa shape index (κ2) is 8.52. The van der Waals surface area contributed by atoms with Gasteiger partial charge in [-0.05, 0) is 41.8 Å². The van der Waals surface area contributed by atoms with E-state index < -0.39 is 0 Å². The molecule has 0 radical (unpaired) electrons. The molecule has 1 aromatic heterocycles. The van der Waals surface area contributed by atoms with Gasteiger partial charge in [0.15, 0.2) is 0 Å². The molecule has 0 spiro atoms. The molecular weight excluding hydrogens is 350 g/mol. The van der Waals surface area contributed by atoms with Crippen molar-refractivity contribution in [3.63, 3.8) is 0 Å². The maximum atomic E-state index is 12.7. The smallest absolute Gasteiger partial charge is 0.274 e. The normalized spacial score (nSPS) is 10.6. The van der Waals surface area contributed by atoms with Crippen LogP contribution in [0.4, 0.5) is 22.9 Å². The number of carbonyl (C=O) groups excluding carboxylic acids is 1. The quantitative estimate of drug-likeness (QED) is 0.656. The summed E-state index contributed by atoms with van der Waals surface area (Å²) in [6.45, 7) is 4.19. The second-order valence-corrected chi connectivity index (χ2v) is 7.05. The van der Waals surface area contributed by atoms with Gasteiger partial charge in [-0.2, -0.15) is 0 Å². The highest BCUT2D eigenvalue weighted by molar-refractivity contribution is 6.03. The fourth-order valence-electron chi connectivity index (χ4n) is 2.84. The van der Waals surface area contributed by atoms with Crippen LogP contribution in [0.25, 0.3) is 0 Å². The number of nitrogens with one attached hydrogen (secondary N) is 2. The van der Waals surface area contributed by atoms with E-state index in [4.69, 9.17) is 0 Å². The first-order valence-corrected chi connectivity index (χ1v) is 9.21. The Morgan fingerprint density at radius 3 is 2.39 bits per heavy atom. The van der Waals surface area contributed by atoms with Gasteiger partial charge in [0.05, 0.1) is 0 Å². The molecule has 0 bridgehead atoms. The summed E-state index contributed by atoms with van der Waals surface area (Å²) in [5.41, 5.74) is 4.19. The van der Waals surface area contributed by atoms with Gasteiger partial charge in [0.1, 0.15) is 17.8 Å². The van der Waals surface area contributed by atoms with Crippen molar-refractivity contribution in [1.29, 1.82) is 0 Å². The van der Waals surface area contributed by atoms with Gasteiger partial charge in [0, 0.05) is 37.2 Å². The lowest BCUT2D eigenvalue weighted by Crippen LogP contribution is -2.15. The minimum absolute atomic E-state index is 0.262. The third kappa shape index (κ3) is 4.65. The van der Waals surface area contributed by atoms with E-state index in [2.05, 4.69) is 34.4 Å². The lowest BCUT2D eigenvalue weighted by molar-refractivity contribution is 0.102. The summed E-state index contributed by atoms with van der Waals surface area (Å²) in [6, 6.07) is 17.4. The van der Waals surface area contributed by atoms with Crippen molar-refractivity contribution in [2.45, 2.75) is 19.8 Å². The number of amides is 1. The van der Waals surface area contributed by atoms with Gasteiger partial charge in [0.2, 0.25) is 0 Å². The van der Waals surface area contributed by atoms with Crippen molar-refractivity contribution in [3.8, 4) is 0 Å². The van der Waals surface area contributed by atoms with Gasteiger partial charge in [-0.1, -0.05) is 32.0 Å². The molecule has 0 aliphatic carbocycles. The Bertz CT molecular complexity index is 951. The molecule has 6 nitrogen and oxygen atoms in total. The molecule has 0 fully saturated rings. The highest BCUT2D eigenvalue weighted by Gasteiger charge is 2.13. The molecule has 3 rings (SSSR count).